The van der Waals surface area contributed by atoms with E-state index in [2.05, 4.69) is 5.32 Å². The molecular weight excluding hydrogens is 272 g/mol. The summed E-state index contributed by atoms with van der Waals surface area (Å²) >= 11 is 0. The number of hydrogen-bond acceptors (Lipinski definition) is 5. The van der Waals surface area contributed by atoms with E-state index in [9.17, 15) is 9.59 Å². The minimum atomic E-state index is -0.871. The van der Waals surface area contributed by atoms with Crippen LogP contribution in [0.15, 0.2) is 24.3 Å². The largest absolute Gasteiger partial charge is 0.479 e. The highest BCUT2D eigenvalue weighted by Gasteiger charge is 2.22. The monoisotopic (exact) mass is 290 g/mol. The number of esters is 1. The third-order valence-electron chi connectivity index (χ3n) is 2.64. The molecule has 1 rings (SSSR count). The van der Waals surface area contributed by atoms with Gasteiger partial charge >= 0.3 is 5.97 Å². The molecule has 6 heteroatoms. The second kappa shape index (κ2) is 7.90. The fourth-order valence-corrected chi connectivity index (χ4v) is 1.50. The van der Waals surface area contributed by atoms with E-state index >= 15 is 0 Å². The zero-order valence-electron chi connectivity index (χ0n) is 12.3. The molecule has 21 heavy (non-hydrogen) atoms. The number of hydrogen-bond donors (Lipinski definition) is 1. The molecule has 0 bridgehead atoms. The summed E-state index contributed by atoms with van der Waals surface area (Å²) in [6.45, 7) is 5.28. The van der Waals surface area contributed by atoms with Crippen molar-refractivity contribution in [2.75, 3.05) is 6.54 Å². The average molecular weight is 290 g/mol. The minimum absolute atomic E-state index is 0.351. The van der Waals surface area contributed by atoms with Crippen LogP contribution in [-0.2, 0) is 14.3 Å². The molecule has 0 spiro atoms. The smallest absolute Gasteiger partial charge is 0.347 e. The Labute approximate surface area is 123 Å². The summed E-state index contributed by atoms with van der Waals surface area (Å²) in [6, 6.07) is 8.35. The van der Waals surface area contributed by atoms with Crippen molar-refractivity contribution >= 4 is 11.9 Å². The molecule has 1 aromatic rings. The number of nitriles is 1. The zero-order valence-corrected chi connectivity index (χ0v) is 12.3. The van der Waals surface area contributed by atoms with Gasteiger partial charge in [0.05, 0.1) is 11.6 Å². The van der Waals surface area contributed by atoms with Gasteiger partial charge in [-0.1, -0.05) is 0 Å². The van der Waals surface area contributed by atoms with E-state index in [1.807, 2.05) is 6.07 Å². The number of benzene rings is 1. The van der Waals surface area contributed by atoms with Crippen molar-refractivity contribution in [3.8, 4) is 11.8 Å². The molecule has 0 heterocycles. The van der Waals surface area contributed by atoms with Crippen LogP contribution in [0.25, 0.3) is 0 Å². The van der Waals surface area contributed by atoms with Gasteiger partial charge in [-0.05, 0) is 45.0 Å². The summed E-state index contributed by atoms with van der Waals surface area (Å²) in [5.41, 5.74) is 0.502. The fourth-order valence-electron chi connectivity index (χ4n) is 1.50. The molecule has 6 nitrogen and oxygen atoms in total. The first-order valence-electron chi connectivity index (χ1n) is 6.63. The molecule has 1 aromatic carbocycles. The maximum Gasteiger partial charge on any atom is 0.347 e. The van der Waals surface area contributed by atoms with Crippen molar-refractivity contribution in [1.29, 1.82) is 5.26 Å². The summed E-state index contributed by atoms with van der Waals surface area (Å²) in [7, 11) is 0. The maximum absolute atomic E-state index is 11.8. The Kier molecular flexibility index (Phi) is 6.21. The van der Waals surface area contributed by atoms with Gasteiger partial charge in [-0.2, -0.15) is 5.26 Å². The number of nitrogens with zero attached hydrogens (tertiary/aromatic N) is 1. The molecule has 0 saturated carbocycles. The summed E-state index contributed by atoms with van der Waals surface area (Å²) in [5.74, 6) is -0.529. The SMILES string of the molecule is CCNC(=O)[C@H](C)OC(=O)[C@@H](C)Oc1ccc(C#N)cc1. The Morgan fingerprint density at radius 2 is 1.86 bits per heavy atom. The van der Waals surface area contributed by atoms with Gasteiger partial charge in [0.1, 0.15) is 5.75 Å². The summed E-state index contributed by atoms with van der Waals surface area (Å²) in [4.78, 5) is 23.3. The molecular formula is C15H18N2O4. The van der Waals surface area contributed by atoms with Crippen molar-refractivity contribution in [3.05, 3.63) is 29.8 Å². The molecule has 2 atom stereocenters. The normalized spacial score (nSPS) is 12.7. The third-order valence-corrected chi connectivity index (χ3v) is 2.64. The lowest BCUT2D eigenvalue weighted by Gasteiger charge is -2.17. The topological polar surface area (TPSA) is 88.4 Å². The Balaban J connectivity index is 2.54. The van der Waals surface area contributed by atoms with E-state index in [1.165, 1.54) is 13.8 Å². The van der Waals surface area contributed by atoms with E-state index in [-0.39, 0.29) is 5.91 Å². The van der Waals surface area contributed by atoms with Crippen LogP contribution >= 0.6 is 0 Å². The van der Waals surface area contributed by atoms with Crippen molar-refractivity contribution in [2.24, 2.45) is 0 Å². The van der Waals surface area contributed by atoms with E-state index in [0.29, 0.717) is 17.9 Å². The van der Waals surface area contributed by atoms with E-state index in [0.717, 1.165) is 0 Å². The van der Waals surface area contributed by atoms with Gasteiger partial charge in [0.25, 0.3) is 5.91 Å². The number of ether oxygens (including phenoxy) is 2. The van der Waals surface area contributed by atoms with Crippen LogP contribution in [0.2, 0.25) is 0 Å². The fraction of sp³-hybridized carbons (Fsp3) is 0.400. The standard InChI is InChI=1S/C15H18N2O4/c1-4-17-14(18)10(2)21-15(19)11(3)20-13-7-5-12(9-16)6-8-13/h5-8,10-11H,4H2,1-3H3,(H,17,18)/t10-,11+/m0/s1. The van der Waals surface area contributed by atoms with E-state index < -0.39 is 18.2 Å². The first kappa shape index (κ1) is 16.5. The predicted molar refractivity (Wildman–Crippen MR) is 75.5 cm³/mol. The third kappa shape index (κ3) is 5.15. The quantitative estimate of drug-likeness (QED) is 0.800. The zero-order chi connectivity index (χ0) is 15.8. The minimum Gasteiger partial charge on any atom is -0.479 e. The highest BCUT2D eigenvalue weighted by molar-refractivity contribution is 5.84. The molecule has 0 aliphatic carbocycles. The highest BCUT2D eigenvalue weighted by Crippen LogP contribution is 2.14. The number of carbonyl (C=O) groups excluding carboxylic acids is 2. The Bertz CT molecular complexity index is 534. The van der Waals surface area contributed by atoms with Gasteiger partial charge in [-0.3, -0.25) is 4.79 Å². The molecule has 1 N–H and O–H groups in total. The first-order chi connectivity index (χ1) is 9.97. The lowest BCUT2D eigenvalue weighted by molar-refractivity contribution is -0.160. The Morgan fingerprint density at radius 1 is 1.24 bits per heavy atom. The van der Waals surface area contributed by atoms with Crippen LogP contribution in [-0.4, -0.2) is 30.6 Å². The van der Waals surface area contributed by atoms with Gasteiger partial charge in [0.2, 0.25) is 0 Å². The average Bonchev–Trinajstić information content (AvgIpc) is 2.48. The lowest BCUT2D eigenvalue weighted by Crippen LogP contribution is -2.38. The lowest BCUT2D eigenvalue weighted by atomic mass is 10.2. The number of amides is 1. The van der Waals surface area contributed by atoms with E-state index in [1.54, 1.807) is 31.2 Å². The molecule has 0 radical (unpaired) electrons. The van der Waals surface area contributed by atoms with Crippen LogP contribution in [0, 0.1) is 11.3 Å². The maximum atomic E-state index is 11.8. The summed E-state index contributed by atoms with van der Waals surface area (Å²) in [6.07, 6.45) is -1.72. The number of likely N-dealkylation sites (N-methyl/N-ethyl adjacent to an activating group) is 1. The molecule has 0 aromatic heterocycles. The second-order valence-corrected chi connectivity index (χ2v) is 4.37. The van der Waals surface area contributed by atoms with Crippen LogP contribution in [0.3, 0.4) is 0 Å². The number of nitrogens with one attached hydrogen (secondary N) is 1. The van der Waals surface area contributed by atoms with Gasteiger partial charge in [-0.15, -0.1) is 0 Å². The molecule has 1 amide bonds. The number of rotatable bonds is 6. The van der Waals surface area contributed by atoms with Gasteiger partial charge in [-0.25, -0.2) is 4.79 Å². The van der Waals surface area contributed by atoms with Crippen molar-refractivity contribution in [1.82, 2.24) is 5.32 Å². The molecule has 0 aliphatic rings. The van der Waals surface area contributed by atoms with Gasteiger partial charge in [0.15, 0.2) is 12.2 Å². The summed E-state index contributed by atoms with van der Waals surface area (Å²) in [5, 5.41) is 11.3. The molecule has 0 aliphatic heterocycles. The van der Waals surface area contributed by atoms with Crippen LogP contribution < -0.4 is 10.1 Å². The first-order valence-corrected chi connectivity index (χ1v) is 6.63. The molecule has 0 fully saturated rings. The molecule has 0 unspecified atom stereocenters. The van der Waals surface area contributed by atoms with Crippen molar-refractivity contribution in [2.45, 2.75) is 33.0 Å². The van der Waals surface area contributed by atoms with Gasteiger partial charge < -0.3 is 14.8 Å². The van der Waals surface area contributed by atoms with Crippen molar-refractivity contribution in [3.63, 3.8) is 0 Å². The molecule has 112 valence electrons. The second-order valence-electron chi connectivity index (χ2n) is 4.37. The van der Waals surface area contributed by atoms with E-state index in [4.69, 9.17) is 14.7 Å². The number of carbonyl (C=O) groups is 2. The molecule has 0 saturated heterocycles. The summed E-state index contributed by atoms with van der Waals surface area (Å²) < 4.78 is 10.4. The van der Waals surface area contributed by atoms with Gasteiger partial charge in [0, 0.05) is 6.54 Å². The van der Waals surface area contributed by atoms with Crippen LogP contribution in [0.5, 0.6) is 5.75 Å². The highest BCUT2D eigenvalue weighted by atomic mass is 16.6. The van der Waals surface area contributed by atoms with Crippen LogP contribution in [0.1, 0.15) is 26.3 Å². The Morgan fingerprint density at radius 3 is 2.38 bits per heavy atom. The predicted octanol–water partition coefficient (Wildman–Crippen LogP) is 1.39. The Hall–Kier alpha value is -2.55. The van der Waals surface area contributed by atoms with Crippen LogP contribution in [0.4, 0.5) is 0 Å². The van der Waals surface area contributed by atoms with Crippen molar-refractivity contribution < 1.29 is 19.1 Å².